The number of hydrogen-bond acceptors (Lipinski definition) is 2. The Bertz CT molecular complexity index is 251. The molecule has 1 heterocycles. The van der Waals surface area contributed by atoms with Crippen molar-refractivity contribution in [3.05, 3.63) is 18.2 Å². The number of carboxylic acids is 1. The van der Waals surface area contributed by atoms with Gasteiger partial charge in [0.25, 0.3) is 0 Å². The fourth-order valence-electron chi connectivity index (χ4n) is 0.713. The van der Waals surface area contributed by atoms with Crippen LogP contribution in [0.25, 0.3) is 0 Å². The number of imidazole rings is 1. The molecule has 0 aliphatic rings. The van der Waals surface area contributed by atoms with E-state index in [1.54, 1.807) is 13.8 Å². The normalized spacial score (nSPS) is 11.5. The highest BCUT2D eigenvalue weighted by molar-refractivity contribution is 5.79. The van der Waals surface area contributed by atoms with Crippen LogP contribution in [0.2, 0.25) is 0 Å². The van der Waals surface area contributed by atoms with Gasteiger partial charge in [0.2, 0.25) is 0 Å². The van der Waals surface area contributed by atoms with Gasteiger partial charge in [0.15, 0.2) is 0 Å². The molecule has 0 radical (unpaired) electrons. The number of aliphatic carboxylic acids is 1. The summed E-state index contributed by atoms with van der Waals surface area (Å²) in [5.41, 5.74) is -0.263. The first kappa shape index (κ1) is 7.78. The first-order valence-corrected chi connectivity index (χ1v) is 3.27. The smallest absolute Gasteiger partial charge is 0.315 e. The third-order valence-electron chi connectivity index (χ3n) is 1.71. The van der Waals surface area contributed by atoms with Gasteiger partial charge in [0.05, 0.1) is 12.0 Å². The number of aromatic amines is 1. The molecule has 0 aliphatic heterocycles. The fraction of sp³-hybridized carbons (Fsp3) is 0.429. The van der Waals surface area contributed by atoms with E-state index in [9.17, 15) is 4.79 Å². The summed E-state index contributed by atoms with van der Waals surface area (Å²) in [5, 5.41) is 8.77. The Kier molecular flexibility index (Phi) is 1.68. The molecule has 0 saturated heterocycles. The summed E-state index contributed by atoms with van der Waals surface area (Å²) in [6.45, 7) is 3.26. The summed E-state index contributed by atoms with van der Waals surface area (Å²) >= 11 is 0. The molecule has 0 atom stereocenters. The highest BCUT2D eigenvalue weighted by Crippen LogP contribution is 2.19. The molecule has 2 N–H and O–H groups in total. The lowest BCUT2D eigenvalue weighted by molar-refractivity contribution is -0.142. The summed E-state index contributed by atoms with van der Waals surface area (Å²) in [4.78, 5) is 17.2. The Morgan fingerprint density at radius 2 is 2.36 bits per heavy atom. The topological polar surface area (TPSA) is 66.0 Å². The van der Waals surface area contributed by atoms with Crippen molar-refractivity contribution in [2.24, 2.45) is 0 Å². The molecule has 4 heteroatoms. The van der Waals surface area contributed by atoms with Crippen LogP contribution in [0.3, 0.4) is 0 Å². The van der Waals surface area contributed by atoms with Crippen LogP contribution in [0.4, 0.5) is 0 Å². The maximum Gasteiger partial charge on any atom is 0.315 e. The summed E-state index contributed by atoms with van der Waals surface area (Å²) < 4.78 is 0. The van der Waals surface area contributed by atoms with Crippen LogP contribution in [0.5, 0.6) is 0 Å². The van der Waals surface area contributed by atoms with Crippen molar-refractivity contribution in [3.8, 4) is 0 Å². The maximum absolute atomic E-state index is 10.7. The van der Waals surface area contributed by atoms with Gasteiger partial charge in [-0.3, -0.25) is 4.79 Å². The number of carboxylic acid groups (broad SMARTS) is 1. The molecule has 11 heavy (non-hydrogen) atoms. The first-order valence-electron chi connectivity index (χ1n) is 3.27. The zero-order valence-electron chi connectivity index (χ0n) is 6.46. The molecule has 0 amide bonds. The summed E-state index contributed by atoms with van der Waals surface area (Å²) in [6, 6.07) is 0. The molecule has 0 spiro atoms. The molecular weight excluding hydrogens is 144 g/mol. The van der Waals surface area contributed by atoms with E-state index in [1.807, 2.05) is 0 Å². The Balaban J connectivity index is 3.00. The number of nitrogens with one attached hydrogen (secondary N) is 1. The third-order valence-corrected chi connectivity index (χ3v) is 1.71. The predicted molar refractivity (Wildman–Crippen MR) is 39.2 cm³/mol. The molecule has 0 unspecified atom stereocenters. The number of hydrogen-bond donors (Lipinski definition) is 2. The zero-order chi connectivity index (χ0) is 8.48. The average molecular weight is 154 g/mol. The van der Waals surface area contributed by atoms with Gasteiger partial charge in [-0.05, 0) is 13.8 Å². The van der Waals surface area contributed by atoms with Gasteiger partial charge in [0.1, 0.15) is 5.41 Å². The number of rotatable bonds is 2. The molecule has 0 bridgehead atoms. The minimum atomic E-state index is -0.878. The highest BCUT2D eigenvalue weighted by Gasteiger charge is 2.30. The van der Waals surface area contributed by atoms with E-state index in [4.69, 9.17) is 5.11 Å². The Morgan fingerprint density at radius 1 is 1.73 bits per heavy atom. The maximum atomic E-state index is 10.7. The molecule has 4 nitrogen and oxygen atoms in total. The second-order valence-corrected chi connectivity index (χ2v) is 2.90. The third kappa shape index (κ3) is 1.24. The van der Waals surface area contributed by atoms with E-state index in [-0.39, 0.29) is 0 Å². The molecular formula is C7H10N2O2. The van der Waals surface area contributed by atoms with E-state index in [0.717, 1.165) is 0 Å². The van der Waals surface area contributed by atoms with E-state index < -0.39 is 11.4 Å². The lowest BCUT2D eigenvalue weighted by Gasteiger charge is -2.15. The fourth-order valence-corrected chi connectivity index (χ4v) is 0.713. The van der Waals surface area contributed by atoms with Gasteiger partial charge in [-0.15, -0.1) is 0 Å². The van der Waals surface area contributed by atoms with Crippen molar-refractivity contribution < 1.29 is 9.90 Å². The summed E-state index contributed by atoms with van der Waals surface area (Å²) in [6.07, 6.45) is 2.99. The van der Waals surface area contributed by atoms with Gasteiger partial charge in [-0.25, -0.2) is 4.98 Å². The van der Waals surface area contributed by atoms with Crippen molar-refractivity contribution in [2.75, 3.05) is 0 Å². The van der Waals surface area contributed by atoms with E-state index in [2.05, 4.69) is 9.97 Å². The van der Waals surface area contributed by atoms with Crippen molar-refractivity contribution >= 4 is 5.97 Å². The van der Waals surface area contributed by atoms with Crippen molar-refractivity contribution in [1.29, 1.82) is 0 Å². The lowest BCUT2D eigenvalue weighted by atomic mass is 9.90. The van der Waals surface area contributed by atoms with E-state index in [1.165, 1.54) is 12.5 Å². The van der Waals surface area contributed by atoms with Gasteiger partial charge in [-0.1, -0.05) is 0 Å². The minimum absolute atomic E-state index is 0.616. The monoisotopic (exact) mass is 154 g/mol. The standard InChI is InChI=1S/C7H10N2O2/c1-7(2,6(10)11)5-3-8-4-9-5/h3-4H,1-2H3,(H,8,9)(H,10,11). The van der Waals surface area contributed by atoms with E-state index >= 15 is 0 Å². The second-order valence-electron chi connectivity index (χ2n) is 2.90. The average Bonchev–Trinajstić information content (AvgIpc) is 2.37. The molecule has 0 fully saturated rings. The van der Waals surface area contributed by atoms with Crippen molar-refractivity contribution in [2.45, 2.75) is 19.3 Å². The van der Waals surface area contributed by atoms with Gasteiger partial charge >= 0.3 is 5.97 Å². The quantitative estimate of drug-likeness (QED) is 0.661. The molecule has 0 saturated carbocycles. The lowest BCUT2D eigenvalue weighted by Crippen LogP contribution is -2.28. The SMILES string of the molecule is CC(C)(C(=O)O)c1cnc[nH]1. The van der Waals surface area contributed by atoms with Crippen LogP contribution >= 0.6 is 0 Å². The summed E-state index contributed by atoms with van der Waals surface area (Å²) in [7, 11) is 0. The Morgan fingerprint density at radius 3 is 2.73 bits per heavy atom. The van der Waals surface area contributed by atoms with Gasteiger partial charge < -0.3 is 10.1 Å². The number of H-pyrrole nitrogens is 1. The largest absolute Gasteiger partial charge is 0.481 e. The highest BCUT2D eigenvalue weighted by atomic mass is 16.4. The second kappa shape index (κ2) is 2.38. The molecule has 1 aromatic rings. The van der Waals surface area contributed by atoms with Crippen LogP contribution in [0.15, 0.2) is 12.5 Å². The van der Waals surface area contributed by atoms with Crippen LogP contribution in [-0.4, -0.2) is 21.0 Å². The van der Waals surface area contributed by atoms with Crippen molar-refractivity contribution in [3.63, 3.8) is 0 Å². The first-order chi connectivity index (χ1) is 5.05. The predicted octanol–water partition coefficient (Wildman–Crippen LogP) is 0.772. The van der Waals surface area contributed by atoms with Gasteiger partial charge in [-0.2, -0.15) is 0 Å². The van der Waals surface area contributed by atoms with Crippen LogP contribution in [0.1, 0.15) is 19.5 Å². The Labute approximate surface area is 64.3 Å². The molecule has 1 aromatic heterocycles. The molecule has 0 aliphatic carbocycles. The van der Waals surface area contributed by atoms with Crippen LogP contribution in [0, 0.1) is 0 Å². The summed E-state index contributed by atoms with van der Waals surface area (Å²) in [5.74, 6) is -0.859. The molecule has 60 valence electrons. The van der Waals surface area contributed by atoms with E-state index in [0.29, 0.717) is 5.69 Å². The number of carbonyl (C=O) groups is 1. The van der Waals surface area contributed by atoms with Crippen LogP contribution < -0.4 is 0 Å². The number of nitrogens with zero attached hydrogens (tertiary/aromatic N) is 1. The van der Waals surface area contributed by atoms with Crippen molar-refractivity contribution in [1.82, 2.24) is 9.97 Å². The molecule has 1 rings (SSSR count). The number of aromatic nitrogens is 2. The molecule has 0 aromatic carbocycles. The Hall–Kier alpha value is -1.32. The van der Waals surface area contributed by atoms with Gasteiger partial charge in [0, 0.05) is 6.20 Å². The minimum Gasteiger partial charge on any atom is -0.481 e. The van der Waals surface area contributed by atoms with Crippen LogP contribution in [-0.2, 0) is 10.2 Å². The zero-order valence-corrected chi connectivity index (χ0v) is 6.46.